The number of hydrogen-bond acceptors (Lipinski definition) is 6. The summed E-state index contributed by atoms with van der Waals surface area (Å²) in [5.74, 6) is -0.415. The van der Waals surface area contributed by atoms with Gasteiger partial charge in [0.2, 0.25) is 0 Å². The molecule has 1 aromatic carbocycles. The van der Waals surface area contributed by atoms with Gasteiger partial charge in [-0.05, 0) is 18.6 Å². The summed E-state index contributed by atoms with van der Waals surface area (Å²) in [5, 5.41) is 0.262. The Kier molecular flexibility index (Phi) is 5.66. The molecule has 9 heteroatoms. The number of benzene rings is 1. The van der Waals surface area contributed by atoms with Gasteiger partial charge in [0, 0.05) is 11.9 Å². The van der Waals surface area contributed by atoms with E-state index in [1.54, 1.807) is 13.0 Å². The predicted molar refractivity (Wildman–Crippen MR) is 83.4 cm³/mol. The molecule has 0 spiro atoms. The summed E-state index contributed by atoms with van der Waals surface area (Å²) in [7, 11) is 0. The van der Waals surface area contributed by atoms with E-state index in [0.29, 0.717) is 5.56 Å². The Morgan fingerprint density at radius 3 is 2.75 bits per heavy atom. The van der Waals surface area contributed by atoms with Crippen LogP contribution in [0.3, 0.4) is 0 Å². The monoisotopic (exact) mass is 357 g/mol. The maximum absolute atomic E-state index is 12.7. The number of esters is 1. The lowest BCUT2D eigenvalue weighted by atomic mass is 10.1. The van der Waals surface area contributed by atoms with Gasteiger partial charge < -0.3 is 10.5 Å². The second-order valence-electron chi connectivity index (χ2n) is 4.66. The molecule has 128 valence electrons. The number of ether oxygens (including phenoxy) is 1. The molecule has 0 atom stereocenters. The van der Waals surface area contributed by atoms with Crippen molar-refractivity contribution in [3.63, 3.8) is 0 Å². The van der Waals surface area contributed by atoms with E-state index in [0.717, 1.165) is 23.9 Å². The SMILES string of the molecule is CCOC(=O)c1cnc(SCc2cccc(C(F)(F)F)c2)nc1N. The normalized spacial score (nSPS) is 11.3. The minimum atomic E-state index is -4.39. The molecule has 0 unspecified atom stereocenters. The summed E-state index contributed by atoms with van der Waals surface area (Å²) in [4.78, 5) is 19.5. The zero-order valence-electron chi connectivity index (χ0n) is 12.6. The minimum absolute atomic E-state index is 0.0324. The number of carbonyl (C=O) groups is 1. The van der Waals surface area contributed by atoms with Gasteiger partial charge >= 0.3 is 12.1 Å². The van der Waals surface area contributed by atoms with Crippen molar-refractivity contribution in [1.82, 2.24) is 9.97 Å². The van der Waals surface area contributed by atoms with Crippen LogP contribution in [0, 0.1) is 0 Å². The average molecular weight is 357 g/mol. The number of nitrogens with two attached hydrogens (primary N) is 1. The first-order valence-corrected chi connectivity index (χ1v) is 7.88. The quantitative estimate of drug-likeness (QED) is 0.501. The van der Waals surface area contributed by atoms with E-state index in [2.05, 4.69) is 9.97 Å². The maximum Gasteiger partial charge on any atom is 0.416 e. The first-order valence-electron chi connectivity index (χ1n) is 6.90. The Morgan fingerprint density at radius 1 is 1.38 bits per heavy atom. The van der Waals surface area contributed by atoms with Crippen LogP contribution in [0.4, 0.5) is 19.0 Å². The molecule has 2 rings (SSSR count). The van der Waals surface area contributed by atoms with Crippen LogP contribution >= 0.6 is 11.8 Å². The third-order valence-electron chi connectivity index (χ3n) is 2.91. The van der Waals surface area contributed by atoms with Crippen LogP contribution in [-0.2, 0) is 16.7 Å². The van der Waals surface area contributed by atoms with E-state index in [1.165, 1.54) is 12.3 Å². The molecule has 0 amide bonds. The molecule has 0 radical (unpaired) electrons. The van der Waals surface area contributed by atoms with Gasteiger partial charge in [-0.15, -0.1) is 0 Å². The lowest BCUT2D eigenvalue weighted by Crippen LogP contribution is -2.10. The fourth-order valence-corrected chi connectivity index (χ4v) is 2.56. The average Bonchev–Trinajstić information content (AvgIpc) is 2.52. The van der Waals surface area contributed by atoms with Crippen molar-refractivity contribution >= 4 is 23.5 Å². The fraction of sp³-hybridized carbons (Fsp3) is 0.267. The molecule has 0 aliphatic rings. The lowest BCUT2D eigenvalue weighted by molar-refractivity contribution is -0.137. The Bertz CT molecular complexity index is 738. The van der Waals surface area contributed by atoms with E-state index < -0.39 is 17.7 Å². The molecular weight excluding hydrogens is 343 g/mol. The minimum Gasteiger partial charge on any atom is -0.462 e. The Morgan fingerprint density at radius 2 is 2.12 bits per heavy atom. The number of anilines is 1. The van der Waals surface area contributed by atoms with Crippen molar-refractivity contribution in [3.05, 3.63) is 47.2 Å². The van der Waals surface area contributed by atoms with Crippen molar-refractivity contribution in [2.75, 3.05) is 12.3 Å². The molecule has 0 saturated carbocycles. The molecule has 0 aliphatic heterocycles. The molecule has 0 saturated heterocycles. The number of carbonyl (C=O) groups excluding carboxylic acids is 1. The van der Waals surface area contributed by atoms with Gasteiger partial charge in [0.1, 0.15) is 11.4 Å². The topological polar surface area (TPSA) is 78.1 Å². The molecule has 5 nitrogen and oxygen atoms in total. The zero-order chi connectivity index (χ0) is 17.7. The van der Waals surface area contributed by atoms with Gasteiger partial charge in [-0.25, -0.2) is 14.8 Å². The van der Waals surface area contributed by atoms with Crippen LogP contribution in [0.2, 0.25) is 0 Å². The van der Waals surface area contributed by atoms with Gasteiger partial charge in [0.05, 0.1) is 12.2 Å². The van der Waals surface area contributed by atoms with Crippen molar-refractivity contribution in [2.45, 2.75) is 24.0 Å². The summed E-state index contributed by atoms with van der Waals surface area (Å²) in [6.07, 6.45) is -3.14. The molecule has 0 aliphatic carbocycles. The summed E-state index contributed by atoms with van der Waals surface area (Å²) in [6, 6.07) is 5.01. The number of aromatic nitrogens is 2. The summed E-state index contributed by atoms with van der Waals surface area (Å²) in [5.41, 5.74) is 5.51. The molecular formula is C15H14F3N3O2S. The maximum atomic E-state index is 12.7. The molecule has 2 aromatic rings. The van der Waals surface area contributed by atoms with Crippen LogP contribution in [0.15, 0.2) is 35.6 Å². The second-order valence-corrected chi connectivity index (χ2v) is 5.60. The van der Waals surface area contributed by atoms with Gasteiger partial charge in [-0.3, -0.25) is 0 Å². The first kappa shape index (κ1) is 18.1. The van der Waals surface area contributed by atoms with E-state index >= 15 is 0 Å². The third-order valence-corrected chi connectivity index (χ3v) is 3.85. The van der Waals surface area contributed by atoms with Crippen LogP contribution < -0.4 is 5.73 Å². The molecule has 24 heavy (non-hydrogen) atoms. The van der Waals surface area contributed by atoms with E-state index in [1.807, 2.05) is 0 Å². The smallest absolute Gasteiger partial charge is 0.416 e. The van der Waals surface area contributed by atoms with Gasteiger partial charge in [-0.1, -0.05) is 30.0 Å². The molecule has 1 heterocycles. The Labute approximate surface area is 140 Å². The number of hydrogen-bond donors (Lipinski definition) is 1. The highest BCUT2D eigenvalue weighted by Gasteiger charge is 2.30. The summed E-state index contributed by atoms with van der Waals surface area (Å²) in [6.45, 7) is 1.86. The largest absolute Gasteiger partial charge is 0.462 e. The fourth-order valence-electron chi connectivity index (χ4n) is 1.80. The van der Waals surface area contributed by atoms with E-state index in [9.17, 15) is 18.0 Å². The Hall–Kier alpha value is -2.29. The van der Waals surface area contributed by atoms with Gasteiger partial charge in [-0.2, -0.15) is 13.2 Å². The van der Waals surface area contributed by atoms with Crippen molar-refractivity contribution < 1.29 is 22.7 Å². The lowest BCUT2D eigenvalue weighted by Gasteiger charge is -2.09. The molecule has 0 bridgehead atoms. The van der Waals surface area contributed by atoms with E-state index in [4.69, 9.17) is 10.5 Å². The zero-order valence-corrected chi connectivity index (χ0v) is 13.4. The number of nitrogens with zero attached hydrogens (tertiary/aromatic N) is 2. The van der Waals surface area contributed by atoms with Gasteiger partial charge in [0.25, 0.3) is 0 Å². The van der Waals surface area contributed by atoms with Crippen LogP contribution in [0.25, 0.3) is 0 Å². The van der Waals surface area contributed by atoms with Crippen LogP contribution in [-0.4, -0.2) is 22.5 Å². The predicted octanol–water partition coefficient (Wildman–Crippen LogP) is 3.55. The van der Waals surface area contributed by atoms with Crippen LogP contribution in [0.5, 0.6) is 0 Å². The van der Waals surface area contributed by atoms with Crippen LogP contribution in [0.1, 0.15) is 28.4 Å². The number of nitrogen functional groups attached to an aromatic ring is 1. The second kappa shape index (κ2) is 7.52. The first-order chi connectivity index (χ1) is 11.3. The number of thioether (sulfide) groups is 1. The van der Waals surface area contributed by atoms with E-state index in [-0.39, 0.29) is 28.9 Å². The highest BCUT2D eigenvalue weighted by molar-refractivity contribution is 7.98. The number of alkyl halides is 3. The number of halogens is 3. The van der Waals surface area contributed by atoms with Gasteiger partial charge in [0.15, 0.2) is 5.16 Å². The summed E-state index contributed by atoms with van der Waals surface area (Å²) < 4.78 is 42.8. The standard InChI is InChI=1S/C15H14F3N3O2S/c1-2-23-13(22)11-7-20-14(21-12(11)19)24-8-9-4-3-5-10(6-9)15(16,17)18/h3-7H,2,8H2,1H3,(H2,19,20,21). The molecule has 2 N–H and O–H groups in total. The molecule has 0 fully saturated rings. The molecule has 1 aromatic heterocycles. The van der Waals surface area contributed by atoms with Crippen molar-refractivity contribution in [2.24, 2.45) is 0 Å². The summed E-state index contributed by atoms with van der Waals surface area (Å²) >= 11 is 1.12. The van der Waals surface area contributed by atoms with Crippen molar-refractivity contribution in [3.8, 4) is 0 Å². The Balaban J connectivity index is 2.07. The highest BCUT2D eigenvalue weighted by atomic mass is 32.2. The third kappa shape index (κ3) is 4.60. The number of rotatable bonds is 5. The van der Waals surface area contributed by atoms with Crippen molar-refractivity contribution in [1.29, 1.82) is 0 Å². The highest BCUT2D eigenvalue weighted by Crippen LogP contribution is 2.31.